The number of esters is 1. The van der Waals surface area contributed by atoms with Crippen LogP contribution in [0.4, 0.5) is 4.39 Å². The first-order valence-electron chi connectivity index (χ1n) is 8.30. The van der Waals surface area contributed by atoms with E-state index in [9.17, 15) is 17.6 Å². The molecule has 0 saturated carbocycles. The van der Waals surface area contributed by atoms with Crippen molar-refractivity contribution in [1.82, 2.24) is 4.31 Å². The number of ether oxygens (including phenoxy) is 1. The lowest BCUT2D eigenvalue weighted by Crippen LogP contribution is -2.32. The molecule has 1 heterocycles. The van der Waals surface area contributed by atoms with Gasteiger partial charge in [0.15, 0.2) is 0 Å². The van der Waals surface area contributed by atoms with Gasteiger partial charge in [0.05, 0.1) is 7.11 Å². The minimum Gasteiger partial charge on any atom is -0.465 e. The molecular formula is C18H22FNO4S2. The van der Waals surface area contributed by atoms with E-state index < -0.39 is 16.0 Å². The van der Waals surface area contributed by atoms with Crippen molar-refractivity contribution in [1.29, 1.82) is 0 Å². The molecule has 1 aromatic heterocycles. The van der Waals surface area contributed by atoms with Gasteiger partial charge in [-0.2, -0.15) is 4.31 Å². The number of hydrogen-bond donors (Lipinski definition) is 0. The maximum Gasteiger partial charge on any atom is 0.349 e. The van der Waals surface area contributed by atoms with Crippen molar-refractivity contribution in [3.05, 3.63) is 52.0 Å². The van der Waals surface area contributed by atoms with Crippen molar-refractivity contribution >= 4 is 27.3 Å². The highest BCUT2D eigenvalue weighted by Gasteiger charge is 2.30. The van der Waals surface area contributed by atoms with Crippen molar-refractivity contribution in [2.45, 2.75) is 37.6 Å². The van der Waals surface area contributed by atoms with Crippen molar-refractivity contribution in [3.8, 4) is 0 Å². The maximum absolute atomic E-state index is 13.2. The number of sulfonamides is 1. The van der Waals surface area contributed by atoms with E-state index in [0.29, 0.717) is 18.5 Å². The highest BCUT2D eigenvalue weighted by molar-refractivity contribution is 7.89. The van der Waals surface area contributed by atoms with E-state index in [1.165, 1.54) is 29.6 Å². The van der Waals surface area contributed by atoms with E-state index in [0.717, 1.165) is 24.2 Å². The van der Waals surface area contributed by atoms with E-state index in [-0.39, 0.29) is 22.1 Å². The van der Waals surface area contributed by atoms with Crippen LogP contribution in [0, 0.1) is 5.82 Å². The molecule has 0 atom stereocenters. The van der Waals surface area contributed by atoms with Crippen molar-refractivity contribution in [2.75, 3.05) is 13.7 Å². The predicted octanol–water partition coefficient (Wildman–Crippen LogP) is 4.05. The van der Waals surface area contributed by atoms with Gasteiger partial charge < -0.3 is 4.74 Å². The molecule has 5 nitrogen and oxygen atoms in total. The molecular weight excluding hydrogens is 377 g/mol. The number of carbonyl (C=O) groups is 1. The number of unbranched alkanes of at least 4 members (excludes halogenated alkanes) is 2. The fourth-order valence-electron chi connectivity index (χ4n) is 2.50. The van der Waals surface area contributed by atoms with Crippen LogP contribution in [-0.2, 0) is 21.3 Å². The predicted molar refractivity (Wildman–Crippen MR) is 99.2 cm³/mol. The zero-order valence-electron chi connectivity index (χ0n) is 14.8. The quantitative estimate of drug-likeness (QED) is 0.471. The van der Waals surface area contributed by atoms with Crippen molar-refractivity contribution in [2.24, 2.45) is 0 Å². The fourth-order valence-corrected chi connectivity index (χ4v) is 5.27. The van der Waals surface area contributed by atoms with Gasteiger partial charge in [-0.05, 0) is 35.6 Å². The van der Waals surface area contributed by atoms with Gasteiger partial charge in [0.2, 0.25) is 10.0 Å². The van der Waals surface area contributed by atoms with E-state index in [4.69, 9.17) is 0 Å². The highest BCUT2D eigenvalue weighted by atomic mass is 32.2. The Balaban J connectivity index is 2.34. The summed E-state index contributed by atoms with van der Waals surface area (Å²) in [4.78, 5) is 11.9. The molecule has 142 valence electrons. The summed E-state index contributed by atoms with van der Waals surface area (Å²) in [6.07, 6.45) is 2.55. The third kappa shape index (κ3) is 4.90. The third-order valence-corrected chi connectivity index (χ3v) is 6.81. The van der Waals surface area contributed by atoms with Crippen molar-refractivity contribution < 1.29 is 22.3 Å². The Morgan fingerprint density at radius 3 is 2.50 bits per heavy atom. The molecule has 0 saturated heterocycles. The molecule has 0 aliphatic carbocycles. The van der Waals surface area contributed by atoms with Gasteiger partial charge in [-0.15, -0.1) is 11.3 Å². The van der Waals surface area contributed by atoms with Gasteiger partial charge >= 0.3 is 5.97 Å². The number of rotatable bonds is 9. The minimum absolute atomic E-state index is 0.0482. The van der Waals surface area contributed by atoms with Crippen molar-refractivity contribution in [3.63, 3.8) is 0 Å². The first-order valence-corrected chi connectivity index (χ1v) is 10.6. The van der Waals surface area contributed by atoms with Crippen LogP contribution in [0.1, 0.15) is 41.4 Å². The molecule has 0 radical (unpaired) electrons. The topological polar surface area (TPSA) is 63.7 Å². The number of carbonyl (C=O) groups excluding carboxylic acids is 1. The van der Waals surface area contributed by atoms with Gasteiger partial charge in [0.25, 0.3) is 0 Å². The number of methoxy groups -OCH3 is 1. The summed E-state index contributed by atoms with van der Waals surface area (Å²) in [7, 11) is -2.66. The van der Waals surface area contributed by atoms with Crippen LogP contribution in [0.15, 0.2) is 40.6 Å². The van der Waals surface area contributed by atoms with Crippen LogP contribution < -0.4 is 0 Å². The summed E-state index contributed by atoms with van der Waals surface area (Å²) in [6.45, 7) is 2.47. The third-order valence-electron chi connectivity index (χ3n) is 3.90. The monoisotopic (exact) mass is 399 g/mol. The van der Waals surface area contributed by atoms with Gasteiger partial charge in [0, 0.05) is 13.1 Å². The van der Waals surface area contributed by atoms with Gasteiger partial charge in [-0.1, -0.05) is 31.9 Å². The number of hydrogen-bond acceptors (Lipinski definition) is 5. The standard InChI is InChI=1S/C18H22FNO4S2/c1-3-4-5-11-20(13-14-6-8-15(19)9-7-14)26(22,23)16-10-12-25-17(16)18(21)24-2/h6-10,12H,3-5,11,13H2,1-2H3. The van der Waals surface area contributed by atoms with Crippen LogP contribution in [0.2, 0.25) is 0 Å². The average molecular weight is 400 g/mol. The molecule has 0 bridgehead atoms. The molecule has 0 aliphatic heterocycles. The highest BCUT2D eigenvalue weighted by Crippen LogP contribution is 2.27. The Kier molecular flexibility index (Phi) is 7.31. The molecule has 0 aliphatic rings. The molecule has 0 amide bonds. The Morgan fingerprint density at radius 1 is 1.19 bits per heavy atom. The molecule has 0 N–H and O–H groups in total. The molecule has 1 aromatic carbocycles. The summed E-state index contributed by atoms with van der Waals surface area (Å²) in [5.74, 6) is -1.05. The molecule has 0 unspecified atom stereocenters. The van der Waals surface area contributed by atoms with E-state index in [2.05, 4.69) is 4.74 Å². The summed E-state index contributed by atoms with van der Waals surface area (Å²) in [6, 6.07) is 7.15. The lowest BCUT2D eigenvalue weighted by Gasteiger charge is -2.22. The average Bonchev–Trinajstić information content (AvgIpc) is 3.12. The van der Waals surface area contributed by atoms with E-state index in [1.54, 1.807) is 17.5 Å². The largest absolute Gasteiger partial charge is 0.465 e. The Hall–Kier alpha value is -1.77. The lowest BCUT2D eigenvalue weighted by molar-refractivity contribution is 0.0602. The van der Waals surface area contributed by atoms with Gasteiger partial charge in [-0.25, -0.2) is 17.6 Å². The van der Waals surface area contributed by atoms with Crippen LogP contribution in [0.5, 0.6) is 0 Å². The van der Waals surface area contributed by atoms with Crippen LogP contribution in [-0.4, -0.2) is 32.3 Å². The van der Waals surface area contributed by atoms with Gasteiger partial charge in [-0.3, -0.25) is 0 Å². The van der Waals surface area contributed by atoms with E-state index >= 15 is 0 Å². The number of benzene rings is 1. The molecule has 8 heteroatoms. The second-order valence-corrected chi connectivity index (χ2v) is 8.60. The number of halogens is 1. The van der Waals surface area contributed by atoms with Crippen LogP contribution >= 0.6 is 11.3 Å². The normalized spacial score (nSPS) is 11.7. The zero-order valence-corrected chi connectivity index (χ0v) is 16.4. The zero-order chi connectivity index (χ0) is 19.2. The first-order chi connectivity index (χ1) is 12.4. The summed E-state index contributed by atoms with van der Waals surface area (Å²) >= 11 is 1.03. The number of nitrogens with zero attached hydrogens (tertiary/aromatic N) is 1. The summed E-state index contributed by atoms with van der Waals surface area (Å²) < 4.78 is 45.5. The SMILES string of the molecule is CCCCCN(Cc1ccc(F)cc1)S(=O)(=O)c1ccsc1C(=O)OC. The van der Waals surface area contributed by atoms with E-state index in [1.807, 2.05) is 6.92 Å². The van der Waals surface area contributed by atoms with Gasteiger partial charge in [0.1, 0.15) is 15.6 Å². The second-order valence-electron chi connectivity index (χ2n) is 5.78. The Labute approximate surface area is 157 Å². The summed E-state index contributed by atoms with van der Waals surface area (Å²) in [5.41, 5.74) is 0.682. The molecule has 2 aromatic rings. The maximum atomic E-state index is 13.2. The smallest absolute Gasteiger partial charge is 0.349 e. The first kappa shape index (κ1) is 20.5. The Morgan fingerprint density at radius 2 is 1.88 bits per heavy atom. The summed E-state index contributed by atoms with van der Waals surface area (Å²) in [5, 5.41) is 1.56. The minimum atomic E-state index is -3.88. The Bertz CT molecular complexity index is 831. The van der Waals surface area contributed by atoms with Crippen LogP contribution in [0.3, 0.4) is 0 Å². The fraction of sp³-hybridized carbons (Fsp3) is 0.389. The second kappa shape index (κ2) is 9.25. The molecule has 0 fully saturated rings. The molecule has 26 heavy (non-hydrogen) atoms. The molecule has 0 spiro atoms. The van der Waals surface area contributed by atoms with Crippen LogP contribution in [0.25, 0.3) is 0 Å². The lowest BCUT2D eigenvalue weighted by atomic mass is 10.2. The number of thiophene rings is 1. The molecule has 2 rings (SSSR count).